The summed E-state index contributed by atoms with van der Waals surface area (Å²) in [4.78, 5) is 0. The maximum Gasteiger partial charge on any atom is 0.0104 e. The van der Waals surface area contributed by atoms with E-state index in [1.165, 1.54) is 38.6 Å². The molecule has 1 N–H and O–H groups in total. The predicted octanol–water partition coefficient (Wildman–Crippen LogP) is 2.87. The summed E-state index contributed by atoms with van der Waals surface area (Å²) in [5, 5.41) is 3.57. The quantitative estimate of drug-likeness (QED) is 0.637. The van der Waals surface area contributed by atoms with Crippen LogP contribution in [0.3, 0.4) is 0 Å². The van der Waals surface area contributed by atoms with Crippen LogP contribution in [0, 0.1) is 0 Å². The third-order valence-corrected chi connectivity index (χ3v) is 2.53. The Hall–Kier alpha value is -0.300. The number of hydrogen-bond acceptors (Lipinski definition) is 1. The molecule has 1 atom stereocenters. The van der Waals surface area contributed by atoms with E-state index in [2.05, 4.69) is 25.2 Å². The molecule has 12 heavy (non-hydrogen) atoms. The first-order chi connectivity index (χ1) is 5.83. The highest BCUT2D eigenvalue weighted by molar-refractivity contribution is 5.00. The summed E-state index contributed by atoms with van der Waals surface area (Å²) < 4.78 is 0. The summed E-state index contributed by atoms with van der Waals surface area (Å²) in [6.45, 7) is 5.68. The van der Waals surface area contributed by atoms with Crippen molar-refractivity contribution in [1.82, 2.24) is 5.32 Å². The van der Waals surface area contributed by atoms with E-state index in [1.807, 2.05) is 0 Å². The maximum atomic E-state index is 3.57. The molecule has 1 rings (SSSR count). The molecule has 70 valence electrons. The van der Waals surface area contributed by atoms with Crippen LogP contribution in [-0.4, -0.2) is 12.6 Å². The van der Waals surface area contributed by atoms with Crippen molar-refractivity contribution in [3.63, 3.8) is 0 Å². The van der Waals surface area contributed by atoms with Crippen molar-refractivity contribution >= 4 is 0 Å². The van der Waals surface area contributed by atoms with Crippen LogP contribution in [0.2, 0.25) is 0 Å². The molecule has 1 aliphatic heterocycles. The normalized spacial score (nSPS) is 25.8. The van der Waals surface area contributed by atoms with Crippen LogP contribution in [0.25, 0.3) is 0 Å². The molecule has 0 amide bonds. The number of nitrogens with one attached hydrogen (secondary N) is 1. The fourth-order valence-electron chi connectivity index (χ4n) is 1.92. The van der Waals surface area contributed by atoms with Crippen LogP contribution >= 0.6 is 0 Å². The highest BCUT2D eigenvalue weighted by Gasteiger charge is 2.11. The molecule has 1 fully saturated rings. The van der Waals surface area contributed by atoms with Crippen molar-refractivity contribution in [3.05, 3.63) is 11.6 Å². The zero-order valence-corrected chi connectivity index (χ0v) is 8.40. The molecular formula is C11H21N. The summed E-state index contributed by atoms with van der Waals surface area (Å²) >= 11 is 0. The van der Waals surface area contributed by atoms with E-state index >= 15 is 0 Å². The first-order valence-corrected chi connectivity index (χ1v) is 5.22. The number of allylic oxidation sites excluding steroid dienone is 1. The predicted molar refractivity (Wildman–Crippen MR) is 54.3 cm³/mol. The SMILES string of the molecule is CC/C=C(/C)CC1CCCCN1. The molecule has 1 aliphatic rings. The summed E-state index contributed by atoms with van der Waals surface area (Å²) in [5.74, 6) is 0. The maximum absolute atomic E-state index is 3.57. The lowest BCUT2D eigenvalue weighted by atomic mass is 9.98. The molecule has 1 unspecified atom stereocenters. The topological polar surface area (TPSA) is 12.0 Å². The van der Waals surface area contributed by atoms with Crippen LogP contribution in [-0.2, 0) is 0 Å². The van der Waals surface area contributed by atoms with Gasteiger partial charge < -0.3 is 5.32 Å². The van der Waals surface area contributed by atoms with E-state index in [0.29, 0.717) is 0 Å². The molecule has 1 saturated heterocycles. The highest BCUT2D eigenvalue weighted by Crippen LogP contribution is 2.14. The van der Waals surface area contributed by atoms with Crippen molar-refractivity contribution < 1.29 is 0 Å². The standard InChI is InChI=1S/C11H21N/c1-3-6-10(2)9-11-7-4-5-8-12-11/h6,11-12H,3-5,7-9H2,1-2H3/b10-6-. The lowest BCUT2D eigenvalue weighted by Crippen LogP contribution is -2.33. The van der Waals surface area contributed by atoms with Gasteiger partial charge in [-0.2, -0.15) is 0 Å². The third-order valence-electron chi connectivity index (χ3n) is 2.53. The van der Waals surface area contributed by atoms with Gasteiger partial charge in [-0.15, -0.1) is 0 Å². The molecule has 0 aromatic rings. The summed E-state index contributed by atoms with van der Waals surface area (Å²) in [7, 11) is 0. The van der Waals surface area contributed by atoms with E-state index in [-0.39, 0.29) is 0 Å². The molecule has 0 spiro atoms. The van der Waals surface area contributed by atoms with Crippen molar-refractivity contribution in [2.45, 2.75) is 52.0 Å². The largest absolute Gasteiger partial charge is 0.314 e. The van der Waals surface area contributed by atoms with Crippen molar-refractivity contribution in [2.75, 3.05) is 6.54 Å². The molecule has 0 saturated carbocycles. The van der Waals surface area contributed by atoms with Gasteiger partial charge in [-0.05, 0) is 39.2 Å². The Bertz CT molecular complexity index is 143. The molecule has 0 aliphatic carbocycles. The van der Waals surface area contributed by atoms with Gasteiger partial charge in [0, 0.05) is 6.04 Å². The number of hydrogen-bond donors (Lipinski definition) is 1. The van der Waals surface area contributed by atoms with Gasteiger partial charge >= 0.3 is 0 Å². The van der Waals surface area contributed by atoms with E-state index in [0.717, 1.165) is 6.04 Å². The van der Waals surface area contributed by atoms with Crippen LogP contribution in [0.15, 0.2) is 11.6 Å². The lowest BCUT2D eigenvalue weighted by Gasteiger charge is -2.23. The summed E-state index contributed by atoms with van der Waals surface area (Å²) in [5.41, 5.74) is 1.55. The smallest absolute Gasteiger partial charge is 0.0104 e. The summed E-state index contributed by atoms with van der Waals surface area (Å²) in [6.07, 6.45) is 8.93. The van der Waals surface area contributed by atoms with Gasteiger partial charge in [-0.25, -0.2) is 0 Å². The third kappa shape index (κ3) is 3.40. The number of rotatable bonds is 3. The van der Waals surface area contributed by atoms with Crippen LogP contribution in [0.1, 0.15) is 46.0 Å². The second kappa shape index (κ2) is 5.36. The zero-order chi connectivity index (χ0) is 8.81. The van der Waals surface area contributed by atoms with E-state index < -0.39 is 0 Å². The highest BCUT2D eigenvalue weighted by atomic mass is 14.9. The van der Waals surface area contributed by atoms with Crippen LogP contribution in [0.5, 0.6) is 0 Å². The monoisotopic (exact) mass is 167 g/mol. The van der Waals surface area contributed by atoms with Crippen LogP contribution in [0.4, 0.5) is 0 Å². The lowest BCUT2D eigenvalue weighted by molar-refractivity contribution is 0.398. The molecule has 0 aromatic heterocycles. The van der Waals surface area contributed by atoms with Crippen LogP contribution < -0.4 is 5.32 Å². The molecule has 0 aromatic carbocycles. The molecular weight excluding hydrogens is 146 g/mol. The van der Waals surface area contributed by atoms with Gasteiger partial charge in [0.2, 0.25) is 0 Å². The Morgan fingerprint density at radius 2 is 2.33 bits per heavy atom. The second-order valence-electron chi connectivity index (χ2n) is 3.81. The Balaban J connectivity index is 2.24. The van der Waals surface area contributed by atoms with Crippen molar-refractivity contribution in [1.29, 1.82) is 0 Å². The average molecular weight is 167 g/mol. The van der Waals surface area contributed by atoms with Crippen molar-refractivity contribution in [3.8, 4) is 0 Å². The Kier molecular flexibility index (Phi) is 4.37. The Morgan fingerprint density at radius 3 is 2.92 bits per heavy atom. The molecule has 1 heterocycles. The minimum atomic E-state index is 0.765. The first-order valence-electron chi connectivity index (χ1n) is 5.22. The Morgan fingerprint density at radius 1 is 1.50 bits per heavy atom. The molecule has 1 nitrogen and oxygen atoms in total. The molecule has 0 radical (unpaired) electrons. The van der Waals surface area contributed by atoms with Gasteiger partial charge in [0.1, 0.15) is 0 Å². The number of piperidine rings is 1. The van der Waals surface area contributed by atoms with Gasteiger partial charge in [0.05, 0.1) is 0 Å². The fraction of sp³-hybridized carbons (Fsp3) is 0.818. The fourth-order valence-corrected chi connectivity index (χ4v) is 1.92. The minimum Gasteiger partial charge on any atom is -0.314 e. The second-order valence-corrected chi connectivity index (χ2v) is 3.81. The summed E-state index contributed by atoms with van der Waals surface area (Å²) in [6, 6.07) is 0.765. The van der Waals surface area contributed by atoms with E-state index in [1.54, 1.807) is 5.57 Å². The molecule has 1 heteroatoms. The minimum absolute atomic E-state index is 0.765. The van der Waals surface area contributed by atoms with Crippen molar-refractivity contribution in [2.24, 2.45) is 0 Å². The van der Waals surface area contributed by atoms with E-state index in [4.69, 9.17) is 0 Å². The first kappa shape index (κ1) is 9.79. The Labute approximate surface area is 76.2 Å². The van der Waals surface area contributed by atoms with Gasteiger partial charge in [-0.1, -0.05) is 25.0 Å². The van der Waals surface area contributed by atoms with Gasteiger partial charge in [-0.3, -0.25) is 0 Å². The zero-order valence-electron chi connectivity index (χ0n) is 8.40. The van der Waals surface area contributed by atoms with E-state index in [9.17, 15) is 0 Å². The molecule has 0 bridgehead atoms. The van der Waals surface area contributed by atoms with Gasteiger partial charge in [0.15, 0.2) is 0 Å². The average Bonchev–Trinajstić information content (AvgIpc) is 2.06. The van der Waals surface area contributed by atoms with Gasteiger partial charge in [0.25, 0.3) is 0 Å².